The Balaban J connectivity index is 1.94. The second kappa shape index (κ2) is 3.95. The first-order chi connectivity index (χ1) is 7.24. The molecule has 1 fully saturated rings. The van der Waals surface area contributed by atoms with Gasteiger partial charge in [0.25, 0.3) is 0 Å². The zero-order valence-corrected chi connectivity index (χ0v) is 7.83. The number of nitrogens with one attached hydrogen (secondary N) is 4. The van der Waals surface area contributed by atoms with Crippen LogP contribution in [0.3, 0.4) is 0 Å². The second-order valence-corrected chi connectivity index (χ2v) is 3.00. The van der Waals surface area contributed by atoms with Crippen molar-refractivity contribution in [2.24, 2.45) is 10.1 Å². The van der Waals surface area contributed by atoms with Crippen LogP contribution >= 0.6 is 0 Å². The van der Waals surface area contributed by atoms with E-state index in [0.29, 0.717) is 12.5 Å². The van der Waals surface area contributed by atoms with Gasteiger partial charge >= 0.3 is 0 Å². The standard InChI is InChI=1S/C7H10N6O2/c14-4-3-5(15)11-7(10-4)13-12-6-8-1-2-9-6/h1-3H2,(H2,8,9,12)(H2,10,11,13,14,15). The summed E-state index contributed by atoms with van der Waals surface area (Å²) in [5, 5.41) is 11.5. The van der Waals surface area contributed by atoms with E-state index in [4.69, 9.17) is 0 Å². The average molecular weight is 210 g/mol. The van der Waals surface area contributed by atoms with Gasteiger partial charge in [0, 0.05) is 6.54 Å². The summed E-state index contributed by atoms with van der Waals surface area (Å²) in [5.74, 6) is -0.134. The van der Waals surface area contributed by atoms with E-state index in [0.717, 1.165) is 6.54 Å². The maximum Gasteiger partial charge on any atom is 0.236 e. The molecule has 8 heteroatoms. The molecule has 0 aromatic carbocycles. The summed E-state index contributed by atoms with van der Waals surface area (Å²) >= 11 is 0. The molecular weight excluding hydrogens is 200 g/mol. The number of aliphatic imine (C=N–C) groups is 1. The molecule has 2 aliphatic rings. The maximum atomic E-state index is 11.0. The van der Waals surface area contributed by atoms with E-state index < -0.39 is 0 Å². The third-order valence-corrected chi connectivity index (χ3v) is 1.78. The molecule has 1 saturated heterocycles. The van der Waals surface area contributed by atoms with Crippen LogP contribution in [0.5, 0.6) is 0 Å². The lowest BCUT2D eigenvalue weighted by molar-refractivity contribution is -0.129. The van der Waals surface area contributed by atoms with Crippen LogP contribution in [0, 0.1) is 0 Å². The molecule has 15 heavy (non-hydrogen) atoms. The van der Waals surface area contributed by atoms with Crippen LogP contribution in [0.2, 0.25) is 0 Å². The van der Waals surface area contributed by atoms with Gasteiger partial charge in [-0.05, 0) is 0 Å². The Morgan fingerprint density at radius 3 is 2.60 bits per heavy atom. The molecule has 0 aromatic heterocycles. The Kier molecular flexibility index (Phi) is 2.48. The molecule has 2 amide bonds. The van der Waals surface area contributed by atoms with E-state index in [1.165, 1.54) is 0 Å². The minimum absolute atomic E-state index is 0.0904. The van der Waals surface area contributed by atoms with Crippen molar-refractivity contribution in [2.75, 3.05) is 13.1 Å². The van der Waals surface area contributed by atoms with Crippen LogP contribution in [0.15, 0.2) is 10.1 Å². The Bertz CT molecular complexity index is 342. The first kappa shape index (κ1) is 9.44. The van der Waals surface area contributed by atoms with Crippen LogP contribution in [-0.4, -0.2) is 36.8 Å². The lowest BCUT2D eigenvalue weighted by Gasteiger charge is -2.14. The molecule has 0 aromatic rings. The van der Waals surface area contributed by atoms with Crippen molar-refractivity contribution in [1.82, 2.24) is 21.4 Å². The third kappa shape index (κ3) is 2.42. The SMILES string of the molecule is O=C1CC(=O)NC(=NNC2=NCCN2)N1. The summed E-state index contributed by atoms with van der Waals surface area (Å²) in [4.78, 5) is 25.9. The molecule has 0 atom stereocenters. The van der Waals surface area contributed by atoms with Crippen LogP contribution in [0.25, 0.3) is 0 Å². The van der Waals surface area contributed by atoms with Gasteiger partial charge in [-0.3, -0.25) is 20.2 Å². The summed E-state index contributed by atoms with van der Waals surface area (Å²) in [7, 11) is 0. The van der Waals surface area contributed by atoms with E-state index >= 15 is 0 Å². The quantitative estimate of drug-likeness (QED) is 0.282. The van der Waals surface area contributed by atoms with Gasteiger partial charge in [-0.2, -0.15) is 0 Å². The van der Waals surface area contributed by atoms with Gasteiger partial charge in [0.15, 0.2) is 0 Å². The van der Waals surface area contributed by atoms with Crippen molar-refractivity contribution in [3.8, 4) is 0 Å². The van der Waals surface area contributed by atoms with Crippen LogP contribution < -0.4 is 21.4 Å². The minimum atomic E-state index is -0.374. The van der Waals surface area contributed by atoms with Crippen LogP contribution in [0.4, 0.5) is 0 Å². The predicted molar refractivity (Wildman–Crippen MR) is 51.8 cm³/mol. The molecule has 2 aliphatic heterocycles. The first-order valence-corrected chi connectivity index (χ1v) is 4.46. The van der Waals surface area contributed by atoms with Crippen molar-refractivity contribution < 1.29 is 9.59 Å². The van der Waals surface area contributed by atoms with E-state index in [1.807, 2.05) is 0 Å². The number of carbonyl (C=O) groups excluding carboxylic acids is 2. The predicted octanol–water partition coefficient (Wildman–Crippen LogP) is -2.56. The third-order valence-electron chi connectivity index (χ3n) is 1.78. The Hall–Kier alpha value is -2.12. The Morgan fingerprint density at radius 1 is 1.27 bits per heavy atom. The van der Waals surface area contributed by atoms with Gasteiger partial charge < -0.3 is 5.32 Å². The van der Waals surface area contributed by atoms with Crippen molar-refractivity contribution in [3.05, 3.63) is 0 Å². The fourth-order valence-electron chi connectivity index (χ4n) is 1.17. The van der Waals surface area contributed by atoms with Gasteiger partial charge in [-0.25, -0.2) is 10.4 Å². The first-order valence-electron chi connectivity index (χ1n) is 4.46. The molecule has 0 saturated carbocycles. The Morgan fingerprint density at radius 2 is 2.00 bits per heavy atom. The summed E-state index contributed by atoms with van der Waals surface area (Å²) in [6.07, 6.45) is -0.168. The molecule has 0 spiro atoms. The fraction of sp³-hybridized carbons (Fsp3) is 0.429. The molecule has 4 N–H and O–H groups in total. The number of guanidine groups is 2. The highest BCUT2D eigenvalue weighted by molar-refractivity contribution is 6.15. The van der Waals surface area contributed by atoms with Gasteiger partial charge in [0.1, 0.15) is 6.42 Å². The number of rotatable bonds is 1. The molecular formula is C7H10N6O2. The maximum absolute atomic E-state index is 11.0. The van der Waals surface area contributed by atoms with Gasteiger partial charge in [0.05, 0.1) is 6.54 Å². The summed E-state index contributed by atoms with van der Waals surface area (Å²) in [6, 6.07) is 0. The minimum Gasteiger partial charge on any atom is -0.353 e. The molecule has 2 rings (SSSR count). The second-order valence-electron chi connectivity index (χ2n) is 3.00. The van der Waals surface area contributed by atoms with Crippen molar-refractivity contribution >= 4 is 23.7 Å². The largest absolute Gasteiger partial charge is 0.353 e. The monoisotopic (exact) mass is 210 g/mol. The van der Waals surface area contributed by atoms with Gasteiger partial charge in [0.2, 0.25) is 23.7 Å². The number of carbonyl (C=O) groups is 2. The highest BCUT2D eigenvalue weighted by Gasteiger charge is 2.19. The summed E-state index contributed by atoms with van der Waals surface area (Å²) in [5.41, 5.74) is 2.59. The van der Waals surface area contributed by atoms with E-state index in [9.17, 15) is 9.59 Å². The average Bonchev–Trinajstić information content (AvgIpc) is 2.65. The van der Waals surface area contributed by atoms with Gasteiger partial charge in [-0.15, -0.1) is 5.10 Å². The lowest BCUT2D eigenvalue weighted by atomic mass is 10.3. The molecule has 0 aliphatic carbocycles. The van der Waals surface area contributed by atoms with Crippen LogP contribution in [-0.2, 0) is 9.59 Å². The summed E-state index contributed by atoms with van der Waals surface area (Å²) in [6.45, 7) is 1.44. The Labute approximate surface area is 85.2 Å². The van der Waals surface area contributed by atoms with Crippen LogP contribution in [0.1, 0.15) is 6.42 Å². The van der Waals surface area contributed by atoms with Crippen molar-refractivity contribution in [1.29, 1.82) is 0 Å². The summed E-state index contributed by atoms with van der Waals surface area (Å²) < 4.78 is 0. The molecule has 8 nitrogen and oxygen atoms in total. The van der Waals surface area contributed by atoms with Crippen molar-refractivity contribution in [3.63, 3.8) is 0 Å². The van der Waals surface area contributed by atoms with E-state index in [-0.39, 0.29) is 24.2 Å². The van der Waals surface area contributed by atoms with Gasteiger partial charge in [-0.1, -0.05) is 0 Å². The number of hydrogen-bond acceptors (Lipinski definition) is 6. The zero-order valence-electron chi connectivity index (χ0n) is 7.83. The fourth-order valence-corrected chi connectivity index (χ4v) is 1.17. The van der Waals surface area contributed by atoms with E-state index in [2.05, 4.69) is 31.5 Å². The number of amides is 2. The highest BCUT2D eigenvalue weighted by Crippen LogP contribution is 1.88. The number of hydrogen-bond donors (Lipinski definition) is 4. The lowest BCUT2D eigenvalue weighted by Crippen LogP contribution is -2.52. The molecule has 0 radical (unpaired) electrons. The molecule has 2 heterocycles. The number of hydrazone groups is 1. The van der Waals surface area contributed by atoms with E-state index in [1.54, 1.807) is 0 Å². The smallest absolute Gasteiger partial charge is 0.236 e. The highest BCUT2D eigenvalue weighted by atomic mass is 16.2. The zero-order chi connectivity index (χ0) is 10.7. The normalized spacial score (nSPS) is 20.0. The van der Waals surface area contributed by atoms with Crippen molar-refractivity contribution in [2.45, 2.75) is 6.42 Å². The molecule has 0 bridgehead atoms. The topological polar surface area (TPSA) is 107 Å². The molecule has 0 unspecified atom stereocenters. The molecule has 80 valence electrons. The number of nitrogens with zero attached hydrogens (tertiary/aromatic N) is 2.